The quantitative estimate of drug-likeness (QED) is 0.763. The maximum absolute atomic E-state index is 12.6. The standard InChI is InChI=1S/C19H27N3O4/c1-14-5-3-6-15(2)22(14)17(23)13-26-19(24)16-7-4-8-20-18(16)21-9-11-25-12-10-21/h4,7-8,14-15H,3,5-6,9-13H2,1-2H3. The number of pyridine rings is 1. The van der Waals surface area contributed by atoms with Gasteiger partial charge >= 0.3 is 5.97 Å². The number of esters is 1. The Bertz CT molecular complexity index is 635. The Labute approximate surface area is 154 Å². The minimum atomic E-state index is -0.509. The summed E-state index contributed by atoms with van der Waals surface area (Å²) in [5.74, 6) is -0.0481. The van der Waals surface area contributed by atoms with Crippen molar-refractivity contribution in [2.75, 3.05) is 37.8 Å². The molecular weight excluding hydrogens is 334 g/mol. The second kappa shape index (κ2) is 8.49. The van der Waals surface area contributed by atoms with Crippen molar-refractivity contribution in [2.45, 2.75) is 45.2 Å². The van der Waals surface area contributed by atoms with Gasteiger partial charge in [0, 0.05) is 31.4 Å². The van der Waals surface area contributed by atoms with E-state index in [0.29, 0.717) is 37.7 Å². The van der Waals surface area contributed by atoms with Crippen LogP contribution in [0.1, 0.15) is 43.5 Å². The lowest BCUT2D eigenvalue weighted by Gasteiger charge is -2.38. The highest BCUT2D eigenvalue weighted by atomic mass is 16.5. The summed E-state index contributed by atoms with van der Waals surface area (Å²) in [4.78, 5) is 33.3. The van der Waals surface area contributed by atoms with Crippen molar-refractivity contribution in [3.63, 3.8) is 0 Å². The van der Waals surface area contributed by atoms with E-state index >= 15 is 0 Å². The van der Waals surface area contributed by atoms with Crippen molar-refractivity contribution >= 4 is 17.7 Å². The summed E-state index contributed by atoms with van der Waals surface area (Å²) in [6.45, 7) is 6.44. The number of amides is 1. The van der Waals surface area contributed by atoms with E-state index < -0.39 is 5.97 Å². The van der Waals surface area contributed by atoms with Gasteiger partial charge in [-0.05, 0) is 45.2 Å². The summed E-state index contributed by atoms with van der Waals surface area (Å²) in [6.07, 6.45) is 4.77. The third kappa shape index (κ3) is 4.15. The van der Waals surface area contributed by atoms with Gasteiger partial charge in [-0.25, -0.2) is 9.78 Å². The fraction of sp³-hybridized carbons (Fsp3) is 0.632. The first-order chi connectivity index (χ1) is 12.6. The third-order valence-electron chi connectivity index (χ3n) is 5.13. The molecule has 2 unspecified atom stereocenters. The van der Waals surface area contributed by atoms with Gasteiger partial charge in [-0.15, -0.1) is 0 Å². The van der Waals surface area contributed by atoms with Crippen LogP contribution in [0.15, 0.2) is 18.3 Å². The Balaban J connectivity index is 1.64. The van der Waals surface area contributed by atoms with Gasteiger partial charge in [0.15, 0.2) is 6.61 Å². The number of piperidine rings is 1. The second-order valence-electron chi connectivity index (χ2n) is 6.98. The van der Waals surface area contributed by atoms with Gasteiger partial charge in [0.25, 0.3) is 5.91 Å². The van der Waals surface area contributed by atoms with E-state index in [9.17, 15) is 9.59 Å². The van der Waals surface area contributed by atoms with Crippen LogP contribution in [-0.4, -0.2) is 66.8 Å². The lowest BCUT2D eigenvalue weighted by atomic mass is 9.97. The molecule has 2 aliphatic heterocycles. The number of hydrogen-bond donors (Lipinski definition) is 0. The third-order valence-corrected chi connectivity index (χ3v) is 5.13. The van der Waals surface area contributed by atoms with Crippen LogP contribution in [0.25, 0.3) is 0 Å². The number of carbonyl (C=O) groups excluding carboxylic acids is 2. The first-order valence-corrected chi connectivity index (χ1v) is 9.34. The molecule has 3 rings (SSSR count). The molecule has 0 bridgehead atoms. The molecule has 2 atom stereocenters. The van der Waals surface area contributed by atoms with E-state index in [-0.39, 0.29) is 24.6 Å². The topological polar surface area (TPSA) is 72.0 Å². The predicted molar refractivity (Wildman–Crippen MR) is 97.2 cm³/mol. The van der Waals surface area contributed by atoms with E-state index in [1.54, 1.807) is 18.3 Å². The molecule has 0 aromatic carbocycles. The molecule has 7 heteroatoms. The molecule has 0 radical (unpaired) electrons. The molecule has 2 fully saturated rings. The van der Waals surface area contributed by atoms with Gasteiger partial charge in [0.1, 0.15) is 11.4 Å². The van der Waals surface area contributed by atoms with E-state index in [0.717, 1.165) is 19.3 Å². The first-order valence-electron chi connectivity index (χ1n) is 9.34. The highest BCUT2D eigenvalue weighted by molar-refractivity contribution is 5.96. The van der Waals surface area contributed by atoms with Crippen LogP contribution in [-0.2, 0) is 14.3 Å². The zero-order valence-electron chi connectivity index (χ0n) is 15.5. The molecule has 26 heavy (non-hydrogen) atoms. The summed E-state index contributed by atoms with van der Waals surface area (Å²) in [5.41, 5.74) is 0.391. The summed E-state index contributed by atoms with van der Waals surface area (Å²) < 4.78 is 10.7. The number of likely N-dealkylation sites (tertiary alicyclic amines) is 1. The van der Waals surface area contributed by atoms with Crippen molar-refractivity contribution in [1.29, 1.82) is 0 Å². The second-order valence-corrected chi connectivity index (χ2v) is 6.98. The summed E-state index contributed by atoms with van der Waals surface area (Å²) >= 11 is 0. The van der Waals surface area contributed by atoms with Crippen molar-refractivity contribution in [3.8, 4) is 0 Å². The van der Waals surface area contributed by atoms with Gasteiger partial charge in [-0.1, -0.05) is 0 Å². The fourth-order valence-electron chi connectivity index (χ4n) is 3.78. The van der Waals surface area contributed by atoms with Crippen LogP contribution < -0.4 is 4.90 Å². The zero-order valence-corrected chi connectivity index (χ0v) is 15.5. The number of aromatic nitrogens is 1. The zero-order chi connectivity index (χ0) is 18.5. The maximum atomic E-state index is 12.6. The minimum absolute atomic E-state index is 0.130. The van der Waals surface area contributed by atoms with Crippen LogP contribution in [0, 0.1) is 0 Å². The monoisotopic (exact) mass is 361 g/mol. The molecule has 0 aliphatic carbocycles. The molecule has 0 N–H and O–H groups in total. The number of morpholine rings is 1. The average Bonchev–Trinajstić information content (AvgIpc) is 2.66. The molecule has 1 aromatic heterocycles. The Hall–Kier alpha value is -2.15. The Kier molecular flexibility index (Phi) is 6.08. The van der Waals surface area contributed by atoms with Gasteiger partial charge in [-0.2, -0.15) is 0 Å². The SMILES string of the molecule is CC1CCCC(C)N1C(=O)COC(=O)c1cccnc1N1CCOCC1. The van der Waals surface area contributed by atoms with E-state index in [2.05, 4.69) is 4.98 Å². The van der Waals surface area contributed by atoms with Gasteiger partial charge < -0.3 is 19.3 Å². The molecule has 2 saturated heterocycles. The Morgan fingerprint density at radius 3 is 2.62 bits per heavy atom. The molecule has 2 aliphatic rings. The number of carbonyl (C=O) groups is 2. The van der Waals surface area contributed by atoms with Gasteiger partial charge in [-0.3, -0.25) is 4.79 Å². The molecule has 142 valence electrons. The molecule has 0 saturated carbocycles. The van der Waals surface area contributed by atoms with Crippen molar-refractivity contribution in [1.82, 2.24) is 9.88 Å². The highest BCUT2D eigenvalue weighted by Crippen LogP contribution is 2.23. The van der Waals surface area contributed by atoms with Crippen LogP contribution >= 0.6 is 0 Å². The van der Waals surface area contributed by atoms with Gasteiger partial charge in [0.2, 0.25) is 0 Å². The van der Waals surface area contributed by atoms with Crippen molar-refractivity contribution in [2.24, 2.45) is 0 Å². The molecule has 1 aromatic rings. The number of ether oxygens (including phenoxy) is 2. The molecular formula is C19H27N3O4. The summed E-state index contributed by atoms with van der Waals surface area (Å²) in [6, 6.07) is 3.77. The van der Waals surface area contributed by atoms with Gasteiger partial charge in [0.05, 0.1) is 13.2 Å². The number of rotatable bonds is 4. The minimum Gasteiger partial charge on any atom is -0.452 e. The predicted octanol–water partition coefficient (Wildman–Crippen LogP) is 1.86. The number of anilines is 1. The fourth-order valence-corrected chi connectivity index (χ4v) is 3.78. The number of nitrogens with zero attached hydrogens (tertiary/aromatic N) is 3. The number of hydrogen-bond acceptors (Lipinski definition) is 6. The van der Waals surface area contributed by atoms with Crippen molar-refractivity contribution < 1.29 is 19.1 Å². The molecule has 1 amide bonds. The normalized spacial score (nSPS) is 23.6. The largest absolute Gasteiger partial charge is 0.452 e. The Morgan fingerprint density at radius 1 is 1.23 bits per heavy atom. The average molecular weight is 361 g/mol. The molecule has 7 nitrogen and oxygen atoms in total. The van der Waals surface area contributed by atoms with E-state index in [1.807, 2.05) is 23.6 Å². The lowest BCUT2D eigenvalue weighted by molar-refractivity contribution is -0.140. The van der Waals surface area contributed by atoms with E-state index in [1.165, 1.54) is 0 Å². The lowest BCUT2D eigenvalue weighted by Crippen LogP contribution is -2.49. The van der Waals surface area contributed by atoms with Crippen LogP contribution in [0.3, 0.4) is 0 Å². The summed E-state index contributed by atoms with van der Waals surface area (Å²) in [7, 11) is 0. The van der Waals surface area contributed by atoms with Crippen molar-refractivity contribution in [3.05, 3.63) is 23.9 Å². The van der Waals surface area contributed by atoms with Crippen LogP contribution in [0.4, 0.5) is 5.82 Å². The van der Waals surface area contributed by atoms with E-state index in [4.69, 9.17) is 9.47 Å². The molecule has 0 spiro atoms. The molecule has 3 heterocycles. The highest BCUT2D eigenvalue weighted by Gasteiger charge is 2.30. The summed E-state index contributed by atoms with van der Waals surface area (Å²) in [5, 5.41) is 0. The first kappa shape index (κ1) is 18.6. The van der Waals surface area contributed by atoms with Crippen LogP contribution in [0.5, 0.6) is 0 Å². The maximum Gasteiger partial charge on any atom is 0.342 e. The van der Waals surface area contributed by atoms with Crippen LogP contribution in [0.2, 0.25) is 0 Å². The Morgan fingerprint density at radius 2 is 1.92 bits per heavy atom. The smallest absolute Gasteiger partial charge is 0.342 e.